The average Bonchev–Trinajstić information content (AvgIpc) is 2.44. The van der Waals surface area contributed by atoms with Gasteiger partial charge in [-0.3, -0.25) is 10.1 Å². The van der Waals surface area contributed by atoms with Crippen LogP contribution in [0.5, 0.6) is 0 Å². The first-order chi connectivity index (χ1) is 9.95. The summed E-state index contributed by atoms with van der Waals surface area (Å²) >= 11 is 11.6. The highest BCUT2D eigenvalue weighted by molar-refractivity contribution is 14.1. The lowest BCUT2D eigenvalue weighted by Gasteiger charge is -2.10. The Kier molecular flexibility index (Phi) is 6.55. The second-order valence-corrected chi connectivity index (χ2v) is 7.96. The van der Waals surface area contributed by atoms with Crippen LogP contribution in [0.2, 0.25) is 0 Å². The van der Waals surface area contributed by atoms with Crippen LogP contribution in [-0.2, 0) is 0 Å². The molecule has 1 amide bonds. The number of carbonyl (C=O) groups excluding carboxylic acids is 1. The predicted octanol–water partition coefficient (Wildman–Crippen LogP) is 4.02. The SMILES string of the molecule is O=C(NC(=S)Nc1ccc(I)cn1)c1cc(I)ccc1I. The summed E-state index contributed by atoms with van der Waals surface area (Å²) in [6.07, 6.45) is 1.72. The largest absolute Gasteiger partial charge is 0.317 e. The fourth-order valence-corrected chi connectivity index (χ4v) is 3.03. The molecule has 1 heterocycles. The number of carbonyl (C=O) groups is 1. The van der Waals surface area contributed by atoms with Crippen LogP contribution in [0.4, 0.5) is 5.82 Å². The Labute approximate surface area is 168 Å². The molecule has 108 valence electrons. The Morgan fingerprint density at radius 2 is 1.81 bits per heavy atom. The van der Waals surface area contributed by atoms with Gasteiger partial charge in [0, 0.05) is 16.9 Å². The zero-order valence-corrected chi connectivity index (χ0v) is 17.7. The number of rotatable bonds is 2. The van der Waals surface area contributed by atoms with Crippen LogP contribution in [0.25, 0.3) is 0 Å². The smallest absolute Gasteiger partial charge is 0.258 e. The van der Waals surface area contributed by atoms with E-state index in [2.05, 4.69) is 83.4 Å². The van der Waals surface area contributed by atoms with E-state index in [1.54, 1.807) is 12.3 Å². The molecule has 8 heteroatoms. The average molecular weight is 635 g/mol. The molecule has 2 aromatic rings. The van der Waals surface area contributed by atoms with Gasteiger partial charge >= 0.3 is 0 Å². The third-order valence-electron chi connectivity index (χ3n) is 2.37. The summed E-state index contributed by atoms with van der Waals surface area (Å²) < 4.78 is 2.90. The number of anilines is 1. The molecule has 2 rings (SSSR count). The lowest BCUT2D eigenvalue weighted by Crippen LogP contribution is -2.34. The molecule has 2 N–H and O–H groups in total. The number of nitrogens with zero attached hydrogens (tertiary/aromatic N) is 1. The summed E-state index contributed by atoms with van der Waals surface area (Å²) in [5, 5.41) is 5.77. The molecule has 0 fully saturated rings. The number of thiocarbonyl (C=S) groups is 1. The maximum absolute atomic E-state index is 12.2. The highest BCUT2D eigenvalue weighted by Gasteiger charge is 2.12. The molecular formula is C13H8I3N3OS. The van der Waals surface area contributed by atoms with Gasteiger partial charge < -0.3 is 5.32 Å². The van der Waals surface area contributed by atoms with E-state index < -0.39 is 0 Å². The standard InChI is InChI=1S/C13H8I3N3OS/c14-7-1-3-10(16)9(5-7)12(20)19-13(21)18-11-4-2-8(15)6-17-11/h1-6H,(H2,17,18,19,20,21). The maximum Gasteiger partial charge on any atom is 0.258 e. The van der Waals surface area contributed by atoms with Crippen LogP contribution in [0.3, 0.4) is 0 Å². The first-order valence-electron chi connectivity index (χ1n) is 5.64. The van der Waals surface area contributed by atoms with Crippen LogP contribution in [0, 0.1) is 10.7 Å². The Hall–Kier alpha value is -0.0800. The maximum atomic E-state index is 12.2. The van der Waals surface area contributed by atoms with Crippen molar-refractivity contribution in [2.75, 3.05) is 5.32 Å². The second-order valence-electron chi connectivity index (χ2n) is 3.89. The van der Waals surface area contributed by atoms with Gasteiger partial charge in [0.25, 0.3) is 5.91 Å². The van der Waals surface area contributed by atoms with Gasteiger partial charge in [-0.1, -0.05) is 0 Å². The molecule has 0 spiro atoms. The quantitative estimate of drug-likeness (QED) is 0.387. The van der Waals surface area contributed by atoms with Crippen molar-refractivity contribution in [2.24, 2.45) is 0 Å². The fourth-order valence-electron chi connectivity index (χ4n) is 1.44. The van der Waals surface area contributed by atoms with Gasteiger partial charge in [0.15, 0.2) is 5.11 Å². The van der Waals surface area contributed by atoms with Crippen LogP contribution in [0.1, 0.15) is 10.4 Å². The molecule has 1 aromatic heterocycles. The van der Waals surface area contributed by atoms with Crippen molar-refractivity contribution in [3.8, 4) is 0 Å². The summed E-state index contributed by atoms with van der Waals surface area (Å²) in [5.74, 6) is 0.360. The molecule has 0 aliphatic carbocycles. The van der Waals surface area contributed by atoms with Gasteiger partial charge in [-0.25, -0.2) is 4.98 Å². The van der Waals surface area contributed by atoms with Crippen LogP contribution < -0.4 is 10.6 Å². The Balaban J connectivity index is 2.03. The summed E-state index contributed by atoms with van der Waals surface area (Å²) in [6.45, 7) is 0. The summed E-state index contributed by atoms with van der Waals surface area (Å²) in [5.41, 5.74) is 0.599. The number of hydrogen-bond acceptors (Lipinski definition) is 3. The van der Waals surface area contributed by atoms with E-state index in [0.717, 1.165) is 10.7 Å². The molecule has 0 radical (unpaired) electrons. The topological polar surface area (TPSA) is 54.0 Å². The molecule has 0 atom stereocenters. The van der Waals surface area contributed by atoms with Crippen molar-refractivity contribution in [1.82, 2.24) is 10.3 Å². The minimum atomic E-state index is -0.235. The number of aromatic nitrogens is 1. The van der Waals surface area contributed by atoms with E-state index >= 15 is 0 Å². The number of nitrogens with one attached hydrogen (secondary N) is 2. The predicted molar refractivity (Wildman–Crippen MR) is 113 cm³/mol. The minimum absolute atomic E-state index is 0.225. The Morgan fingerprint density at radius 1 is 1.10 bits per heavy atom. The van der Waals surface area contributed by atoms with Crippen LogP contribution in [0.15, 0.2) is 36.5 Å². The number of amides is 1. The molecular weight excluding hydrogens is 627 g/mol. The molecule has 0 unspecified atom stereocenters. The zero-order valence-electron chi connectivity index (χ0n) is 10.4. The van der Waals surface area contributed by atoms with Gasteiger partial charge in [-0.15, -0.1) is 0 Å². The normalized spacial score (nSPS) is 10.0. The van der Waals surface area contributed by atoms with Crippen LogP contribution >= 0.6 is 80.0 Å². The number of halogens is 3. The van der Waals surface area contributed by atoms with E-state index in [4.69, 9.17) is 12.2 Å². The Bertz CT molecular complexity index is 692. The molecule has 21 heavy (non-hydrogen) atoms. The fraction of sp³-hybridized carbons (Fsp3) is 0. The van der Waals surface area contributed by atoms with E-state index in [0.29, 0.717) is 11.4 Å². The molecule has 0 bridgehead atoms. The highest BCUT2D eigenvalue weighted by atomic mass is 127. The van der Waals surface area contributed by atoms with Gasteiger partial charge in [0.2, 0.25) is 0 Å². The van der Waals surface area contributed by atoms with E-state index in [1.165, 1.54) is 0 Å². The number of benzene rings is 1. The van der Waals surface area contributed by atoms with Crippen molar-refractivity contribution in [3.05, 3.63) is 52.8 Å². The lowest BCUT2D eigenvalue weighted by atomic mass is 10.2. The van der Waals surface area contributed by atoms with Gasteiger partial charge in [-0.2, -0.15) is 0 Å². The lowest BCUT2D eigenvalue weighted by molar-refractivity contribution is 0.0977. The number of pyridine rings is 1. The van der Waals surface area contributed by atoms with Gasteiger partial charge in [-0.05, 0) is 110 Å². The first-order valence-corrected chi connectivity index (χ1v) is 9.29. The van der Waals surface area contributed by atoms with Crippen LogP contribution in [-0.4, -0.2) is 16.0 Å². The first kappa shape index (κ1) is 17.3. The summed E-state index contributed by atoms with van der Waals surface area (Å²) in [7, 11) is 0. The van der Waals surface area contributed by atoms with Crippen molar-refractivity contribution < 1.29 is 4.79 Å². The molecule has 0 saturated heterocycles. The molecule has 0 saturated carbocycles. The third kappa shape index (κ3) is 5.25. The highest BCUT2D eigenvalue weighted by Crippen LogP contribution is 2.16. The summed E-state index contributed by atoms with van der Waals surface area (Å²) in [6, 6.07) is 9.38. The second kappa shape index (κ2) is 7.97. The van der Waals surface area contributed by atoms with Gasteiger partial charge in [0.1, 0.15) is 5.82 Å². The van der Waals surface area contributed by atoms with E-state index in [1.807, 2.05) is 24.3 Å². The summed E-state index contributed by atoms with van der Waals surface area (Å²) in [4.78, 5) is 16.4. The van der Waals surface area contributed by atoms with E-state index in [9.17, 15) is 4.79 Å². The zero-order chi connectivity index (χ0) is 15.4. The minimum Gasteiger partial charge on any atom is -0.317 e. The van der Waals surface area contributed by atoms with Crippen molar-refractivity contribution >= 4 is 96.8 Å². The molecule has 1 aromatic carbocycles. The van der Waals surface area contributed by atoms with E-state index in [-0.39, 0.29) is 11.0 Å². The third-order valence-corrected chi connectivity index (χ3v) is 4.82. The molecule has 0 aliphatic heterocycles. The van der Waals surface area contributed by atoms with Gasteiger partial charge in [0.05, 0.1) is 5.56 Å². The molecule has 4 nitrogen and oxygen atoms in total. The van der Waals surface area contributed by atoms with Crippen molar-refractivity contribution in [2.45, 2.75) is 0 Å². The number of hydrogen-bond donors (Lipinski definition) is 2. The Morgan fingerprint density at radius 3 is 2.48 bits per heavy atom. The monoisotopic (exact) mass is 635 g/mol. The van der Waals surface area contributed by atoms with Crippen molar-refractivity contribution in [3.63, 3.8) is 0 Å². The molecule has 0 aliphatic rings. The van der Waals surface area contributed by atoms with Crippen molar-refractivity contribution in [1.29, 1.82) is 0 Å².